The Balaban J connectivity index is 2.89. The molecule has 2 N–H and O–H groups in total. The van der Waals surface area contributed by atoms with Crippen LogP contribution < -0.4 is 5.23 Å². The molecule has 0 aliphatic rings. The van der Waals surface area contributed by atoms with Crippen LogP contribution >= 0.6 is 23.4 Å². The number of halogens is 1. The van der Waals surface area contributed by atoms with Crippen LogP contribution in [0.5, 0.6) is 0 Å². The number of carbonyl (C=O) groups excluding carboxylic acids is 1. The fourth-order valence-electron chi connectivity index (χ4n) is 1.50. The summed E-state index contributed by atoms with van der Waals surface area (Å²) in [5.41, 5.74) is 1.31. The third kappa shape index (κ3) is 5.11. The molecule has 1 aromatic carbocycles. The van der Waals surface area contributed by atoms with Gasteiger partial charge in [-0.3, -0.25) is 4.79 Å². The van der Waals surface area contributed by atoms with E-state index in [-0.39, 0.29) is 16.7 Å². The summed E-state index contributed by atoms with van der Waals surface area (Å²) in [6.07, 6.45) is 4.92. The fraction of sp³-hybridized carbons (Fsp3) is 0.214. The molecule has 0 radical (unpaired) electrons. The van der Waals surface area contributed by atoms with Gasteiger partial charge in [0.15, 0.2) is 5.69 Å². The number of benzene rings is 1. The molecular formula is C14H16ClNO3S. The van der Waals surface area contributed by atoms with E-state index in [4.69, 9.17) is 16.8 Å². The van der Waals surface area contributed by atoms with Crippen LogP contribution in [0.25, 0.3) is 6.08 Å². The quantitative estimate of drug-likeness (QED) is 0.367. The van der Waals surface area contributed by atoms with E-state index in [9.17, 15) is 10.0 Å². The van der Waals surface area contributed by atoms with Crippen molar-refractivity contribution >= 4 is 40.2 Å². The maximum atomic E-state index is 11.7. The Kier molecular flexibility index (Phi) is 7.58. The van der Waals surface area contributed by atoms with E-state index < -0.39 is 5.23 Å². The molecule has 0 saturated carbocycles. The Bertz CT molecular complexity index is 515. The number of hydrogen-bond donors (Lipinski definition) is 2. The van der Waals surface area contributed by atoms with E-state index in [2.05, 4.69) is 0 Å². The second-order valence-corrected chi connectivity index (χ2v) is 5.30. The molecule has 0 aliphatic carbocycles. The van der Waals surface area contributed by atoms with Gasteiger partial charge in [-0.15, -0.1) is 11.6 Å². The first-order valence-corrected chi connectivity index (χ1v) is 7.54. The van der Waals surface area contributed by atoms with Crippen molar-refractivity contribution in [1.29, 1.82) is 0 Å². The number of thioether (sulfide) groups is 1. The molecule has 1 aromatic rings. The normalized spacial score (nSPS) is 13.7. The summed E-state index contributed by atoms with van der Waals surface area (Å²) in [5.74, 6) is 0.829. The molecular weight excluding hydrogens is 298 g/mol. The van der Waals surface area contributed by atoms with Crippen LogP contribution in [-0.2, 0) is 4.79 Å². The first-order valence-electron chi connectivity index (χ1n) is 6.02. The summed E-state index contributed by atoms with van der Waals surface area (Å²) >= 11 is 6.93. The molecule has 0 aliphatic heterocycles. The lowest BCUT2D eigenvalue weighted by atomic mass is 10.1. The molecule has 20 heavy (non-hydrogen) atoms. The third-order valence-corrected chi connectivity index (χ3v) is 3.55. The van der Waals surface area contributed by atoms with Gasteiger partial charge in [0.25, 0.3) is 0 Å². The van der Waals surface area contributed by atoms with E-state index in [1.807, 2.05) is 6.92 Å². The summed E-state index contributed by atoms with van der Waals surface area (Å²) < 4.78 is 0. The zero-order chi connectivity index (χ0) is 15.0. The molecule has 1 unspecified atom stereocenters. The van der Waals surface area contributed by atoms with Gasteiger partial charge in [0.2, 0.25) is 5.12 Å². The van der Waals surface area contributed by atoms with Crippen molar-refractivity contribution in [2.45, 2.75) is 6.92 Å². The zero-order valence-electron chi connectivity index (χ0n) is 11.0. The molecule has 6 heteroatoms. The Morgan fingerprint density at radius 2 is 2.20 bits per heavy atom. The predicted molar refractivity (Wildman–Crippen MR) is 83.2 cm³/mol. The number of para-hydroxylation sites is 1. The maximum Gasteiger partial charge on any atom is 0.216 e. The minimum Gasteiger partial charge on any atom is -0.595 e. The monoisotopic (exact) mass is 313 g/mol. The van der Waals surface area contributed by atoms with Crippen LogP contribution in [0.4, 0.5) is 5.69 Å². The van der Waals surface area contributed by atoms with Gasteiger partial charge in [-0.05, 0) is 17.9 Å². The van der Waals surface area contributed by atoms with Gasteiger partial charge in [0, 0.05) is 17.2 Å². The number of alkyl halides is 1. The average molecular weight is 314 g/mol. The van der Waals surface area contributed by atoms with E-state index in [1.54, 1.807) is 36.4 Å². The second-order valence-electron chi connectivity index (χ2n) is 3.80. The minimum absolute atomic E-state index is 0.0568. The van der Waals surface area contributed by atoms with Crippen LogP contribution in [0.3, 0.4) is 0 Å². The molecule has 0 fully saturated rings. The van der Waals surface area contributed by atoms with Crippen molar-refractivity contribution in [3.63, 3.8) is 0 Å². The number of allylic oxidation sites excluding steroid dienone is 2. The number of rotatable bonds is 6. The highest BCUT2D eigenvalue weighted by molar-refractivity contribution is 8.14. The molecule has 1 atom stereocenters. The van der Waals surface area contributed by atoms with Gasteiger partial charge in [-0.1, -0.05) is 43.0 Å². The summed E-state index contributed by atoms with van der Waals surface area (Å²) in [5, 5.41) is 19.1. The van der Waals surface area contributed by atoms with Crippen LogP contribution in [0.1, 0.15) is 12.5 Å². The van der Waals surface area contributed by atoms with Gasteiger partial charge in [-0.2, -0.15) is 5.23 Å². The molecule has 0 amide bonds. The summed E-state index contributed by atoms with van der Waals surface area (Å²) in [6, 6.07) is 6.67. The van der Waals surface area contributed by atoms with Crippen molar-refractivity contribution in [3.8, 4) is 0 Å². The molecule has 108 valence electrons. The van der Waals surface area contributed by atoms with Crippen LogP contribution in [0, 0.1) is 5.21 Å². The van der Waals surface area contributed by atoms with Gasteiger partial charge >= 0.3 is 0 Å². The fourth-order valence-corrected chi connectivity index (χ4v) is 2.37. The number of hydrogen-bond acceptors (Lipinski definition) is 4. The predicted octanol–water partition coefficient (Wildman–Crippen LogP) is 2.55. The second kappa shape index (κ2) is 8.94. The highest BCUT2D eigenvalue weighted by Gasteiger charge is 2.07. The van der Waals surface area contributed by atoms with Gasteiger partial charge in [-0.25, -0.2) is 5.21 Å². The van der Waals surface area contributed by atoms with Crippen LogP contribution in [0.15, 0.2) is 42.0 Å². The number of nitrogens with one attached hydrogen (secondary N) is 1. The lowest BCUT2D eigenvalue weighted by molar-refractivity contribution is -0.991. The number of quaternary nitrogens is 1. The van der Waals surface area contributed by atoms with Gasteiger partial charge in [0.1, 0.15) is 0 Å². The third-order valence-electron chi connectivity index (χ3n) is 2.45. The van der Waals surface area contributed by atoms with Crippen molar-refractivity contribution in [2.75, 3.05) is 11.6 Å². The standard InChI is InChI=1S/C14H16ClNO3S/c1-2-20-14(17)12(10-15)8-5-7-11-6-3-4-9-13(11)16(18)19/h3-9,16,18H,2,10H2,1H3. The van der Waals surface area contributed by atoms with E-state index in [0.29, 0.717) is 16.9 Å². The summed E-state index contributed by atoms with van der Waals surface area (Å²) in [7, 11) is 0. The van der Waals surface area contributed by atoms with Crippen molar-refractivity contribution < 1.29 is 15.2 Å². The van der Waals surface area contributed by atoms with E-state index in [1.165, 1.54) is 17.8 Å². The topological polar surface area (TPSA) is 64.8 Å². The van der Waals surface area contributed by atoms with Crippen molar-refractivity contribution in [3.05, 3.63) is 52.8 Å². The van der Waals surface area contributed by atoms with Crippen molar-refractivity contribution in [2.24, 2.45) is 0 Å². The molecule has 0 heterocycles. The molecule has 4 nitrogen and oxygen atoms in total. The van der Waals surface area contributed by atoms with Crippen molar-refractivity contribution in [1.82, 2.24) is 0 Å². The number of carbonyl (C=O) groups is 1. The maximum absolute atomic E-state index is 11.7. The Hall–Kier alpha value is -1.11. The molecule has 1 rings (SSSR count). The largest absolute Gasteiger partial charge is 0.595 e. The summed E-state index contributed by atoms with van der Waals surface area (Å²) in [4.78, 5) is 11.7. The highest BCUT2D eigenvalue weighted by atomic mass is 35.5. The smallest absolute Gasteiger partial charge is 0.216 e. The first kappa shape index (κ1) is 16.9. The van der Waals surface area contributed by atoms with Gasteiger partial charge in [0.05, 0.1) is 5.88 Å². The lowest BCUT2D eigenvalue weighted by Crippen LogP contribution is -2.99. The lowest BCUT2D eigenvalue weighted by Gasteiger charge is -2.13. The minimum atomic E-state index is -0.982. The summed E-state index contributed by atoms with van der Waals surface area (Å²) in [6.45, 7) is 1.90. The average Bonchev–Trinajstić information content (AvgIpc) is 2.44. The van der Waals surface area contributed by atoms with E-state index in [0.717, 1.165) is 0 Å². The Morgan fingerprint density at radius 1 is 1.50 bits per heavy atom. The Labute approximate surface area is 127 Å². The SMILES string of the molecule is CCSC(=O)C(=CC=Cc1ccccc1[NH+]([O-])O)CCl. The molecule has 0 aromatic heterocycles. The Morgan fingerprint density at radius 3 is 2.80 bits per heavy atom. The highest BCUT2D eigenvalue weighted by Crippen LogP contribution is 2.14. The van der Waals surface area contributed by atoms with Crippen LogP contribution in [0.2, 0.25) is 0 Å². The van der Waals surface area contributed by atoms with E-state index >= 15 is 0 Å². The van der Waals surface area contributed by atoms with Gasteiger partial charge < -0.3 is 5.21 Å². The first-order chi connectivity index (χ1) is 9.60. The zero-order valence-corrected chi connectivity index (χ0v) is 12.6. The molecule has 0 bridgehead atoms. The molecule has 0 spiro atoms. The van der Waals surface area contributed by atoms with Crippen LogP contribution in [-0.4, -0.2) is 22.0 Å². The molecule has 0 saturated heterocycles.